The normalized spacial score (nSPS) is 26.8. The van der Waals surface area contributed by atoms with Gasteiger partial charge in [0.2, 0.25) is 5.91 Å². The molecule has 2 saturated heterocycles. The van der Waals surface area contributed by atoms with Crippen molar-refractivity contribution < 1.29 is 23.5 Å². The Hall–Kier alpha value is -1.98. The van der Waals surface area contributed by atoms with Crippen molar-refractivity contribution in [2.75, 3.05) is 6.54 Å². The van der Waals surface area contributed by atoms with Crippen LogP contribution < -0.4 is 0 Å². The van der Waals surface area contributed by atoms with Gasteiger partial charge in [0.15, 0.2) is 0 Å². The lowest BCUT2D eigenvalue weighted by molar-refractivity contribution is -0.142. The molecule has 1 aromatic rings. The van der Waals surface area contributed by atoms with Crippen LogP contribution in [-0.4, -0.2) is 40.4 Å². The Morgan fingerprint density at radius 2 is 1.90 bits per heavy atom. The van der Waals surface area contributed by atoms with E-state index in [2.05, 4.69) is 0 Å². The van der Waals surface area contributed by atoms with E-state index < -0.39 is 17.9 Å². The van der Waals surface area contributed by atoms with Crippen molar-refractivity contribution in [3.63, 3.8) is 0 Å². The van der Waals surface area contributed by atoms with Gasteiger partial charge in [-0.15, -0.1) is 0 Å². The fourth-order valence-corrected chi connectivity index (χ4v) is 3.41. The quantitative estimate of drug-likeness (QED) is 0.926. The standard InChI is InChI=1S/C15H15F2NO3/c16-14(17)15-6-10(7-15)8-18(15)12(19)5-9-1-3-11(4-2-9)13(20)21/h1-4,10,14H,5-8H2,(H,20,21). The van der Waals surface area contributed by atoms with E-state index in [4.69, 9.17) is 5.11 Å². The van der Waals surface area contributed by atoms with Crippen LogP contribution in [0.25, 0.3) is 0 Å². The maximum atomic E-state index is 13.2. The number of fused-ring (bicyclic) bond motifs is 1. The summed E-state index contributed by atoms with van der Waals surface area (Å²) in [7, 11) is 0. The lowest BCUT2D eigenvalue weighted by Crippen LogP contribution is -2.54. The van der Waals surface area contributed by atoms with E-state index >= 15 is 0 Å². The minimum atomic E-state index is -2.51. The largest absolute Gasteiger partial charge is 0.478 e. The van der Waals surface area contributed by atoms with Crippen molar-refractivity contribution in [3.8, 4) is 0 Å². The maximum Gasteiger partial charge on any atom is 0.335 e. The SMILES string of the molecule is O=C(O)c1ccc(CC(=O)N2CC3CC2(C(F)F)C3)cc1. The number of carbonyl (C=O) groups is 2. The van der Waals surface area contributed by atoms with Gasteiger partial charge in [0.25, 0.3) is 6.43 Å². The number of carbonyl (C=O) groups excluding carboxylic acids is 1. The third kappa shape index (κ3) is 2.18. The number of nitrogens with zero attached hydrogens (tertiary/aromatic N) is 1. The Morgan fingerprint density at radius 1 is 1.29 bits per heavy atom. The third-order valence-corrected chi connectivity index (χ3v) is 4.53. The minimum Gasteiger partial charge on any atom is -0.478 e. The number of alkyl halides is 2. The average molecular weight is 295 g/mol. The summed E-state index contributed by atoms with van der Waals surface area (Å²) in [5, 5.41) is 8.81. The van der Waals surface area contributed by atoms with Gasteiger partial charge < -0.3 is 10.0 Å². The number of amides is 1. The van der Waals surface area contributed by atoms with E-state index in [0.29, 0.717) is 24.9 Å². The summed E-state index contributed by atoms with van der Waals surface area (Å²) in [6.45, 7) is 0.413. The van der Waals surface area contributed by atoms with Crippen molar-refractivity contribution in [3.05, 3.63) is 35.4 Å². The van der Waals surface area contributed by atoms with Crippen LogP contribution in [0, 0.1) is 5.92 Å². The number of benzene rings is 1. The number of hydrogen-bond donors (Lipinski definition) is 1. The number of hydrogen-bond acceptors (Lipinski definition) is 2. The molecule has 1 aromatic carbocycles. The van der Waals surface area contributed by atoms with Crippen molar-refractivity contribution >= 4 is 11.9 Å². The zero-order chi connectivity index (χ0) is 15.2. The molecule has 0 radical (unpaired) electrons. The van der Waals surface area contributed by atoms with Crippen LogP contribution >= 0.6 is 0 Å². The average Bonchev–Trinajstić information content (AvgIpc) is 2.95. The van der Waals surface area contributed by atoms with Crippen LogP contribution in [0.15, 0.2) is 24.3 Å². The summed E-state index contributed by atoms with van der Waals surface area (Å²) in [5.41, 5.74) is -0.472. The molecule has 2 aliphatic heterocycles. The molecule has 2 heterocycles. The second-order valence-corrected chi connectivity index (χ2v) is 5.86. The smallest absolute Gasteiger partial charge is 0.335 e. The molecule has 1 aliphatic carbocycles. The summed E-state index contributed by atoms with van der Waals surface area (Å²) in [5.74, 6) is -1.14. The molecule has 0 spiro atoms. The lowest BCUT2D eigenvalue weighted by Gasteiger charge is -2.41. The van der Waals surface area contributed by atoms with Gasteiger partial charge in [-0.3, -0.25) is 4.79 Å². The Kier molecular flexibility index (Phi) is 3.19. The second kappa shape index (κ2) is 4.79. The highest BCUT2D eigenvalue weighted by atomic mass is 19.3. The van der Waals surface area contributed by atoms with Crippen LogP contribution in [0.2, 0.25) is 0 Å². The number of halogens is 2. The zero-order valence-electron chi connectivity index (χ0n) is 11.3. The molecule has 112 valence electrons. The van der Waals surface area contributed by atoms with Crippen molar-refractivity contribution in [1.29, 1.82) is 0 Å². The highest BCUT2D eigenvalue weighted by Crippen LogP contribution is 2.53. The molecule has 2 bridgehead atoms. The monoisotopic (exact) mass is 295 g/mol. The fraction of sp³-hybridized carbons (Fsp3) is 0.467. The summed E-state index contributed by atoms with van der Waals surface area (Å²) in [4.78, 5) is 24.3. The van der Waals surface area contributed by atoms with E-state index in [1.54, 1.807) is 12.1 Å². The first-order chi connectivity index (χ1) is 9.92. The lowest BCUT2D eigenvalue weighted by atomic mass is 9.73. The van der Waals surface area contributed by atoms with E-state index in [-0.39, 0.29) is 23.8 Å². The van der Waals surface area contributed by atoms with Gasteiger partial charge in [0.1, 0.15) is 5.54 Å². The molecule has 6 heteroatoms. The van der Waals surface area contributed by atoms with Gasteiger partial charge in [0, 0.05) is 6.54 Å². The first-order valence-electron chi connectivity index (χ1n) is 6.83. The molecular weight excluding hydrogens is 280 g/mol. The zero-order valence-corrected chi connectivity index (χ0v) is 11.3. The Labute approximate surface area is 120 Å². The number of carboxylic acids is 1. The predicted molar refractivity (Wildman–Crippen MR) is 70.3 cm³/mol. The number of carboxylic acid groups (broad SMARTS) is 1. The summed E-state index contributed by atoms with van der Waals surface area (Å²) in [6, 6.07) is 5.93. The molecule has 21 heavy (non-hydrogen) atoms. The molecule has 1 saturated carbocycles. The third-order valence-electron chi connectivity index (χ3n) is 4.53. The van der Waals surface area contributed by atoms with E-state index in [1.807, 2.05) is 0 Å². The number of rotatable bonds is 4. The fourth-order valence-electron chi connectivity index (χ4n) is 3.41. The molecule has 1 N–H and O–H groups in total. The molecule has 4 rings (SSSR count). The summed E-state index contributed by atoms with van der Waals surface area (Å²) >= 11 is 0. The molecule has 0 aromatic heterocycles. The Morgan fingerprint density at radius 3 is 2.43 bits per heavy atom. The van der Waals surface area contributed by atoms with Gasteiger partial charge in [-0.05, 0) is 36.5 Å². The first-order valence-corrected chi connectivity index (χ1v) is 6.83. The molecule has 0 unspecified atom stereocenters. The van der Waals surface area contributed by atoms with Crippen LogP contribution in [0.4, 0.5) is 8.78 Å². The highest BCUT2D eigenvalue weighted by Gasteiger charge is 2.62. The van der Waals surface area contributed by atoms with Crippen molar-refractivity contribution in [2.45, 2.75) is 31.2 Å². The molecule has 3 fully saturated rings. The number of aromatic carboxylic acids is 1. The molecular formula is C15H15F2NO3. The summed E-state index contributed by atoms with van der Waals surface area (Å²) < 4.78 is 26.4. The molecule has 4 nitrogen and oxygen atoms in total. The minimum absolute atomic E-state index is 0.0289. The topological polar surface area (TPSA) is 57.6 Å². The van der Waals surface area contributed by atoms with Crippen LogP contribution in [-0.2, 0) is 11.2 Å². The summed E-state index contributed by atoms with van der Waals surface area (Å²) in [6.07, 6.45) is -1.68. The van der Waals surface area contributed by atoms with Crippen LogP contribution in [0.1, 0.15) is 28.8 Å². The Bertz CT molecular complexity index is 579. The Balaban J connectivity index is 1.71. The van der Waals surface area contributed by atoms with Gasteiger partial charge in [-0.2, -0.15) is 0 Å². The second-order valence-electron chi connectivity index (χ2n) is 5.86. The first kappa shape index (κ1) is 14.0. The van der Waals surface area contributed by atoms with Gasteiger partial charge in [0.05, 0.1) is 12.0 Å². The van der Waals surface area contributed by atoms with E-state index in [9.17, 15) is 18.4 Å². The van der Waals surface area contributed by atoms with E-state index in [1.165, 1.54) is 17.0 Å². The van der Waals surface area contributed by atoms with Crippen molar-refractivity contribution in [2.24, 2.45) is 5.92 Å². The van der Waals surface area contributed by atoms with Crippen LogP contribution in [0.3, 0.4) is 0 Å². The van der Waals surface area contributed by atoms with Crippen molar-refractivity contribution in [1.82, 2.24) is 4.90 Å². The van der Waals surface area contributed by atoms with E-state index in [0.717, 1.165) is 0 Å². The van der Waals surface area contributed by atoms with Gasteiger partial charge in [-0.1, -0.05) is 12.1 Å². The molecule has 1 amide bonds. The maximum absolute atomic E-state index is 13.2. The molecule has 3 aliphatic rings. The van der Waals surface area contributed by atoms with Crippen LogP contribution in [0.5, 0.6) is 0 Å². The van der Waals surface area contributed by atoms with Gasteiger partial charge >= 0.3 is 5.97 Å². The molecule has 0 atom stereocenters. The van der Waals surface area contributed by atoms with Gasteiger partial charge in [-0.25, -0.2) is 13.6 Å². The highest BCUT2D eigenvalue weighted by molar-refractivity contribution is 5.88. The predicted octanol–water partition coefficient (Wildman–Crippen LogP) is 2.18.